The van der Waals surface area contributed by atoms with Gasteiger partial charge in [-0.1, -0.05) is 426 Å². The second-order valence-corrected chi connectivity index (χ2v) is 24.5. The van der Waals surface area contributed by atoms with Crippen molar-refractivity contribution in [3.63, 3.8) is 0 Å². The predicted molar refractivity (Wildman–Crippen MR) is 325 cm³/mol. The van der Waals surface area contributed by atoms with Gasteiger partial charge in [0.2, 0.25) is 0 Å². The summed E-state index contributed by atoms with van der Waals surface area (Å²) in [6, 6.07) is 0. The molecule has 0 aromatic rings. The first-order valence-corrected chi connectivity index (χ1v) is 34.6. The number of unbranched alkanes of at least 4 members (excludes halogenated alkanes) is 56. The molecular formula is C70H141. The second kappa shape index (κ2) is 65.1. The van der Waals surface area contributed by atoms with Crippen LogP contribution in [0.3, 0.4) is 0 Å². The van der Waals surface area contributed by atoms with E-state index < -0.39 is 0 Å². The van der Waals surface area contributed by atoms with Gasteiger partial charge in [-0.15, -0.1) is 0 Å². The Bertz CT molecular complexity index is 858. The van der Waals surface area contributed by atoms with Gasteiger partial charge in [-0.05, 0) is 24.7 Å². The van der Waals surface area contributed by atoms with Crippen LogP contribution in [-0.4, -0.2) is 0 Å². The van der Waals surface area contributed by atoms with Crippen molar-refractivity contribution in [2.24, 2.45) is 11.8 Å². The molecule has 0 fully saturated rings. The normalized spacial score (nSPS) is 12.7. The van der Waals surface area contributed by atoms with E-state index in [1.54, 1.807) is 0 Å². The maximum atomic E-state index is 2.84. The molecule has 0 amide bonds. The van der Waals surface area contributed by atoms with Crippen LogP contribution < -0.4 is 0 Å². The molecule has 0 aromatic heterocycles. The topological polar surface area (TPSA) is 0 Å². The molecule has 2 unspecified atom stereocenters. The van der Waals surface area contributed by atoms with Crippen LogP contribution in [0.1, 0.15) is 432 Å². The zero-order chi connectivity index (χ0) is 50.4. The Hall–Kier alpha value is 0. The van der Waals surface area contributed by atoms with Gasteiger partial charge in [0.05, 0.1) is 0 Å². The summed E-state index contributed by atoms with van der Waals surface area (Å²) in [6.07, 6.45) is 95.9. The third-order valence-corrected chi connectivity index (χ3v) is 17.0. The Balaban J connectivity index is 4.07. The van der Waals surface area contributed by atoms with E-state index in [-0.39, 0.29) is 0 Å². The second-order valence-electron chi connectivity index (χ2n) is 24.5. The molecule has 1 radical (unpaired) electrons. The molecule has 0 N–H and O–H groups in total. The van der Waals surface area contributed by atoms with Crippen molar-refractivity contribution in [1.82, 2.24) is 0 Å². The Morgan fingerprint density at radius 1 is 0.186 bits per heavy atom. The van der Waals surface area contributed by atoms with Crippen molar-refractivity contribution in [1.29, 1.82) is 0 Å². The fourth-order valence-electron chi connectivity index (χ4n) is 11.8. The Morgan fingerprint density at radius 2 is 0.329 bits per heavy atom. The van der Waals surface area contributed by atoms with E-state index in [1.165, 1.54) is 405 Å². The molecule has 2 atom stereocenters. The Kier molecular flexibility index (Phi) is 65.1. The van der Waals surface area contributed by atoms with Crippen molar-refractivity contribution >= 4 is 0 Å². The number of rotatable bonds is 65. The highest BCUT2D eigenvalue weighted by Gasteiger charge is 2.12. The number of hydrogen-bond acceptors (Lipinski definition) is 0. The molecule has 0 heterocycles. The van der Waals surface area contributed by atoms with Crippen LogP contribution in [-0.2, 0) is 0 Å². The lowest BCUT2D eigenvalue weighted by atomic mass is 9.86. The van der Waals surface area contributed by atoms with E-state index in [1.807, 2.05) is 0 Å². The number of hydrogen-bond donors (Lipinski definition) is 0. The van der Waals surface area contributed by atoms with E-state index in [0.29, 0.717) is 0 Å². The van der Waals surface area contributed by atoms with Crippen LogP contribution in [0.5, 0.6) is 0 Å². The Morgan fingerprint density at radius 3 is 0.500 bits per heavy atom. The van der Waals surface area contributed by atoms with Gasteiger partial charge in [-0.2, -0.15) is 0 Å². The molecule has 0 aliphatic rings. The first-order chi connectivity index (χ1) is 34.7. The molecule has 0 spiro atoms. The summed E-state index contributed by atoms with van der Waals surface area (Å²) in [5.74, 6) is 1.77. The molecule has 0 nitrogen and oxygen atoms in total. The SMILES string of the molecule is CCCCCCCCCCCCCCCCCCCCCCCC([CH]CC(C)CCCCCCCCCCCCCCCCCCCC)CCCCCCCCCCCCCCCCCCCCCC. The minimum atomic E-state index is 0.887. The van der Waals surface area contributed by atoms with Crippen molar-refractivity contribution in [3.8, 4) is 0 Å². The molecule has 70 heavy (non-hydrogen) atoms. The fourth-order valence-corrected chi connectivity index (χ4v) is 11.8. The molecule has 0 saturated heterocycles. The van der Waals surface area contributed by atoms with Gasteiger partial charge in [-0.3, -0.25) is 0 Å². The molecule has 0 rings (SSSR count). The molecule has 0 saturated carbocycles. The maximum absolute atomic E-state index is 2.84. The minimum absolute atomic E-state index is 0.887. The fraction of sp³-hybridized carbons (Fsp3) is 0.986. The van der Waals surface area contributed by atoms with Crippen LogP contribution in [0.2, 0.25) is 0 Å². The maximum Gasteiger partial charge on any atom is -0.0352 e. The first kappa shape index (κ1) is 70.0. The first-order valence-electron chi connectivity index (χ1n) is 34.6. The van der Waals surface area contributed by atoms with Gasteiger partial charge >= 0.3 is 0 Å². The third kappa shape index (κ3) is 62.3. The van der Waals surface area contributed by atoms with Crippen LogP contribution >= 0.6 is 0 Å². The van der Waals surface area contributed by atoms with Crippen molar-refractivity contribution in [2.75, 3.05) is 0 Å². The highest BCUT2D eigenvalue weighted by Crippen LogP contribution is 2.27. The Labute approximate surface area is 448 Å². The van der Waals surface area contributed by atoms with Crippen molar-refractivity contribution in [3.05, 3.63) is 6.42 Å². The molecule has 0 aliphatic carbocycles. The predicted octanol–water partition coefficient (Wildman–Crippen LogP) is 27.1. The summed E-state index contributed by atoms with van der Waals surface area (Å²) in [5, 5.41) is 0. The summed E-state index contributed by atoms with van der Waals surface area (Å²) in [6.45, 7) is 9.53. The van der Waals surface area contributed by atoms with Crippen LogP contribution in [0.15, 0.2) is 0 Å². The average Bonchev–Trinajstić information content (AvgIpc) is 3.37. The molecule has 0 aliphatic heterocycles. The molecule has 0 aromatic carbocycles. The van der Waals surface area contributed by atoms with Gasteiger partial charge in [0.1, 0.15) is 0 Å². The van der Waals surface area contributed by atoms with Crippen molar-refractivity contribution in [2.45, 2.75) is 432 Å². The van der Waals surface area contributed by atoms with E-state index in [2.05, 4.69) is 34.1 Å². The highest BCUT2D eigenvalue weighted by atomic mass is 14.2. The van der Waals surface area contributed by atoms with Crippen LogP contribution in [0.4, 0.5) is 0 Å². The summed E-state index contributed by atoms with van der Waals surface area (Å²) in [4.78, 5) is 0. The van der Waals surface area contributed by atoms with Gasteiger partial charge < -0.3 is 0 Å². The lowest BCUT2D eigenvalue weighted by Crippen LogP contribution is -2.06. The lowest BCUT2D eigenvalue weighted by molar-refractivity contribution is 0.402. The average molecular weight is 983 g/mol. The van der Waals surface area contributed by atoms with E-state index in [9.17, 15) is 0 Å². The largest absolute Gasteiger partial charge is 0.0654 e. The lowest BCUT2D eigenvalue weighted by Gasteiger charge is -2.19. The van der Waals surface area contributed by atoms with Gasteiger partial charge in [0, 0.05) is 0 Å². The monoisotopic (exact) mass is 982 g/mol. The van der Waals surface area contributed by atoms with E-state index in [4.69, 9.17) is 0 Å². The van der Waals surface area contributed by atoms with Crippen LogP contribution in [0, 0.1) is 18.3 Å². The van der Waals surface area contributed by atoms with E-state index >= 15 is 0 Å². The summed E-state index contributed by atoms with van der Waals surface area (Å²) in [5.41, 5.74) is 0. The van der Waals surface area contributed by atoms with Crippen LogP contribution in [0.25, 0.3) is 0 Å². The van der Waals surface area contributed by atoms with E-state index in [0.717, 1.165) is 11.8 Å². The van der Waals surface area contributed by atoms with Crippen molar-refractivity contribution < 1.29 is 0 Å². The van der Waals surface area contributed by atoms with Gasteiger partial charge in [-0.25, -0.2) is 0 Å². The summed E-state index contributed by atoms with van der Waals surface area (Å²) >= 11 is 0. The van der Waals surface area contributed by atoms with Gasteiger partial charge in [0.25, 0.3) is 0 Å². The standard InChI is InChI=1S/C70H141/c1-5-8-11-14-17-20-23-26-29-32-35-37-39-42-45-48-51-54-57-60-63-66-70(65-62-59-56-53-50-47-44-41-38-36-33-30-27-24-21-18-15-12-9-6-2)68-67-69(4)64-61-58-55-52-49-46-43-40-34-31-28-25-22-19-16-13-10-7-3/h68-70H,5-67H2,1-4H3. The van der Waals surface area contributed by atoms with Gasteiger partial charge in [0.15, 0.2) is 0 Å². The summed E-state index contributed by atoms with van der Waals surface area (Å²) < 4.78 is 0. The highest BCUT2D eigenvalue weighted by molar-refractivity contribution is 4.79. The zero-order valence-electron chi connectivity index (χ0n) is 50.3. The molecule has 421 valence electrons. The summed E-state index contributed by atoms with van der Waals surface area (Å²) in [7, 11) is 0. The smallest absolute Gasteiger partial charge is 0.0352 e. The third-order valence-electron chi connectivity index (χ3n) is 17.0. The zero-order valence-corrected chi connectivity index (χ0v) is 50.3. The minimum Gasteiger partial charge on any atom is -0.0654 e. The molecular weight excluding hydrogens is 841 g/mol. The molecule has 0 heteroatoms. The quantitative estimate of drug-likeness (QED) is 0.0533. The molecule has 0 bridgehead atoms.